The Balaban J connectivity index is 1.41. The molecular weight excluding hydrogens is 588 g/mol. The van der Waals surface area contributed by atoms with Crippen LogP contribution in [0.15, 0.2) is 81.2 Å². The van der Waals surface area contributed by atoms with E-state index in [0.717, 1.165) is 16.6 Å². The van der Waals surface area contributed by atoms with Crippen molar-refractivity contribution in [2.75, 3.05) is 4.72 Å². The van der Waals surface area contributed by atoms with Crippen LogP contribution in [0.4, 0.5) is 10.1 Å². The summed E-state index contributed by atoms with van der Waals surface area (Å²) < 4.78 is 32.5. The third-order valence-electron chi connectivity index (χ3n) is 6.57. The molecule has 2 N–H and O–H groups in total. The fraction of sp³-hybridized carbons (Fsp3) is 0.207. The van der Waals surface area contributed by atoms with E-state index in [1.807, 2.05) is 19.1 Å². The van der Waals surface area contributed by atoms with Crippen molar-refractivity contribution in [1.82, 2.24) is 19.1 Å². The summed E-state index contributed by atoms with van der Waals surface area (Å²) in [7, 11) is -1.54. The summed E-state index contributed by atoms with van der Waals surface area (Å²) in [6.07, 6.45) is 1.92. The molecule has 0 amide bonds. The standard InChI is InChI=1S/C29H26Cl2FN5O3S/c1-2-3-14-36-27-26(28(38)37(29(36)39)17-19-6-4-5-7-24(19)32)33-25(34-27)15-18-8-10-20(11-9-18)35-41(40)21-12-13-22(30)23(31)16-21/h4-13,16,35H,2-3,14-15,17H2,1H3,(H,33,34). The van der Waals surface area contributed by atoms with Gasteiger partial charge in [0.2, 0.25) is 0 Å². The predicted molar refractivity (Wildman–Crippen MR) is 161 cm³/mol. The SMILES string of the molecule is CCCCn1c(=O)n(Cc2ccccc2F)c(=O)c2[nH]c(Cc3ccc(NS(=O)c4ccc(Cl)c(Cl)c4)cc3)nc21. The number of H-pyrrole nitrogens is 1. The number of rotatable bonds is 10. The van der Waals surface area contributed by atoms with Gasteiger partial charge < -0.3 is 9.71 Å². The van der Waals surface area contributed by atoms with Gasteiger partial charge in [0.1, 0.15) is 28.1 Å². The van der Waals surface area contributed by atoms with Crippen LogP contribution in [0, 0.1) is 5.82 Å². The molecule has 0 saturated heterocycles. The highest BCUT2D eigenvalue weighted by Crippen LogP contribution is 2.25. The van der Waals surface area contributed by atoms with Gasteiger partial charge in [-0.1, -0.05) is 66.9 Å². The van der Waals surface area contributed by atoms with Gasteiger partial charge >= 0.3 is 5.69 Å². The van der Waals surface area contributed by atoms with Crippen LogP contribution in [0.3, 0.4) is 0 Å². The summed E-state index contributed by atoms with van der Waals surface area (Å²) in [5, 5.41) is 0.702. The predicted octanol–water partition coefficient (Wildman–Crippen LogP) is 5.91. The highest BCUT2D eigenvalue weighted by molar-refractivity contribution is 7.86. The molecule has 2 heterocycles. The number of anilines is 1. The smallest absolute Gasteiger partial charge is 0.333 e. The monoisotopic (exact) mass is 613 g/mol. The summed E-state index contributed by atoms with van der Waals surface area (Å²) in [6, 6.07) is 18.1. The third-order valence-corrected chi connectivity index (χ3v) is 8.42. The van der Waals surface area contributed by atoms with Crippen molar-refractivity contribution in [2.24, 2.45) is 0 Å². The Morgan fingerprint density at radius 3 is 2.46 bits per heavy atom. The number of nitrogens with one attached hydrogen (secondary N) is 2. The van der Waals surface area contributed by atoms with Crippen LogP contribution in [0.25, 0.3) is 11.2 Å². The molecule has 0 spiro atoms. The van der Waals surface area contributed by atoms with Gasteiger partial charge in [-0.15, -0.1) is 0 Å². The molecular formula is C29H26Cl2FN5O3S. The first kappa shape index (κ1) is 28.8. The molecule has 2 aromatic heterocycles. The molecule has 0 radical (unpaired) electrons. The second kappa shape index (κ2) is 12.4. The molecule has 0 saturated carbocycles. The van der Waals surface area contributed by atoms with Gasteiger partial charge in [-0.05, 0) is 48.4 Å². The van der Waals surface area contributed by atoms with Crippen molar-refractivity contribution in [3.8, 4) is 0 Å². The number of benzene rings is 3. The van der Waals surface area contributed by atoms with Gasteiger partial charge in [-0.3, -0.25) is 13.9 Å². The zero-order valence-electron chi connectivity index (χ0n) is 22.0. The Kier molecular flexibility index (Phi) is 8.72. The Hall–Kier alpha value is -3.73. The van der Waals surface area contributed by atoms with Crippen LogP contribution in [-0.4, -0.2) is 23.3 Å². The van der Waals surface area contributed by atoms with E-state index < -0.39 is 28.1 Å². The molecule has 8 nitrogen and oxygen atoms in total. The number of fused-ring (bicyclic) bond motifs is 1. The lowest BCUT2D eigenvalue weighted by molar-refractivity contribution is 0.553. The van der Waals surface area contributed by atoms with Crippen molar-refractivity contribution in [2.45, 2.75) is 44.2 Å². The molecule has 12 heteroatoms. The molecule has 0 fully saturated rings. The van der Waals surface area contributed by atoms with E-state index >= 15 is 0 Å². The van der Waals surface area contributed by atoms with Gasteiger partial charge in [0.15, 0.2) is 5.65 Å². The first-order chi connectivity index (χ1) is 19.7. The molecule has 0 aliphatic rings. The highest BCUT2D eigenvalue weighted by atomic mass is 35.5. The fourth-order valence-corrected chi connectivity index (χ4v) is 5.64. The number of hydrogen-bond donors (Lipinski definition) is 2. The number of hydrogen-bond acceptors (Lipinski definition) is 4. The first-order valence-corrected chi connectivity index (χ1v) is 14.8. The van der Waals surface area contributed by atoms with Crippen LogP contribution in [0.2, 0.25) is 10.0 Å². The third kappa shape index (κ3) is 6.29. The Morgan fingerprint density at radius 2 is 1.76 bits per heavy atom. The van der Waals surface area contributed by atoms with E-state index in [-0.39, 0.29) is 23.3 Å². The first-order valence-electron chi connectivity index (χ1n) is 12.9. The number of halogens is 3. The van der Waals surface area contributed by atoms with Crippen LogP contribution < -0.4 is 16.0 Å². The number of aryl methyl sites for hydroxylation is 1. The van der Waals surface area contributed by atoms with Gasteiger partial charge in [0, 0.05) is 24.2 Å². The summed E-state index contributed by atoms with van der Waals surface area (Å²) in [4.78, 5) is 34.9. The lowest BCUT2D eigenvalue weighted by atomic mass is 10.1. The molecule has 0 bridgehead atoms. The average Bonchev–Trinajstić information content (AvgIpc) is 3.38. The van der Waals surface area contributed by atoms with E-state index in [1.165, 1.54) is 10.6 Å². The minimum Gasteiger partial charge on any atom is -0.336 e. The number of nitrogens with zero attached hydrogens (tertiary/aromatic N) is 3. The normalized spacial score (nSPS) is 12.1. The second-order valence-electron chi connectivity index (χ2n) is 9.47. The zero-order chi connectivity index (χ0) is 29.1. The molecule has 1 atom stereocenters. The minimum atomic E-state index is -1.54. The lowest BCUT2D eigenvalue weighted by Crippen LogP contribution is -2.40. The molecule has 212 valence electrons. The van der Waals surface area contributed by atoms with Gasteiger partial charge in [-0.25, -0.2) is 18.4 Å². The van der Waals surface area contributed by atoms with Crippen molar-refractivity contribution in [3.05, 3.63) is 120 Å². The summed E-state index contributed by atoms with van der Waals surface area (Å²) in [5.41, 5.74) is 1.16. The van der Waals surface area contributed by atoms with E-state index in [0.29, 0.717) is 45.8 Å². The number of aromatic amines is 1. The van der Waals surface area contributed by atoms with E-state index in [9.17, 15) is 18.2 Å². The average molecular weight is 615 g/mol. The van der Waals surface area contributed by atoms with Crippen molar-refractivity contribution in [3.63, 3.8) is 0 Å². The lowest BCUT2D eigenvalue weighted by Gasteiger charge is -2.11. The van der Waals surface area contributed by atoms with Gasteiger partial charge in [0.05, 0.1) is 21.5 Å². The van der Waals surface area contributed by atoms with E-state index in [4.69, 9.17) is 23.2 Å². The molecule has 3 aromatic carbocycles. The molecule has 41 heavy (non-hydrogen) atoms. The van der Waals surface area contributed by atoms with E-state index in [2.05, 4.69) is 14.7 Å². The van der Waals surface area contributed by atoms with Gasteiger partial charge in [-0.2, -0.15) is 0 Å². The summed E-state index contributed by atoms with van der Waals surface area (Å²) in [6.45, 7) is 2.20. The molecule has 5 aromatic rings. The molecule has 0 aliphatic heterocycles. The number of imidazole rings is 1. The Labute approximate surface area is 247 Å². The second-order valence-corrected chi connectivity index (χ2v) is 11.5. The molecule has 0 aliphatic carbocycles. The maximum absolute atomic E-state index is 14.3. The highest BCUT2D eigenvalue weighted by Gasteiger charge is 2.18. The van der Waals surface area contributed by atoms with Crippen LogP contribution in [0.5, 0.6) is 0 Å². The quantitative estimate of drug-likeness (QED) is 0.204. The summed E-state index contributed by atoms with van der Waals surface area (Å²) in [5.74, 6) is 0.0218. The zero-order valence-corrected chi connectivity index (χ0v) is 24.3. The van der Waals surface area contributed by atoms with Crippen molar-refractivity contribution >= 4 is 51.0 Å². The molecule has 5 rings (SSSR count). The fourth-order valence-electron chi connectivity index (χ4n) is 4.39. The minimum absolute atomic E-state index is 0.182. The van der Waals surface area contributed by atoms with Crippen molar-refractivity contribution in [1.29, 1.82) is 0 Å². The van der Waals surface area contributed by atoms with E-state index in [1.54, 1.807) is 48.5 Å². The Bertz CT molecular complexity index is 1870. The van der Waals surface area contributed by atoms with Crippen LogP contribution in [-0.2, 0) is 30.5 Å². The number of aromatic nitrogens is 4. The van der Waals surface area contributed by atoms with Crippen LogP contribution in [0.1, 0.15) is 36.7 Å². The maximum atomic E-state index is 14.3. The summed E-state index contributed by atoms with van der Waals surface area (Å²) >= 11 is 12.0. The maximum Gasteiger partial charge on any atom is 0.333 e. The van der Waals surface area contributed by atoms with Gasteiger partial charge in [0.25, 0.3) is 5.56 Å². The van der Waals surface area contributed by atoms with Crippen molar-refractivity contribution < 1.29 is 8.60 Å². The largest absolute Gasteiger partial charge is 0.336 e. The topological polar surface area (TPSA) is 102 Å². The Morgan fingerprint density at radius 1 is 1.00 bits per heavy atom. The number of unbranched alkanes of at least 4 members (excludes halogenated alkanes) is 1. The van der Waals surface area contributed by atoms with Crippen LogP contribution >= 0.6 is 23.2 Å². The molecule has 1 unspecified atom stereocenters.